The van der Waals surface area contributed by atoms with Crippen molar-refractivity contribution in [2.45, 2.75) is 26.2 Å². The van der Waals surface area contributed by atoms with Gasteiger partial charge in [-0.3, -0.25) is 4.79 Å². The molecule has 3 aromatic rings. The SMILES string of the molecule is CCOP(Cc1ccc(Nc2ncc(C(F)(F)F)c(Nc3ccccc3C(=O)NC)n2)c(OC)c1F)OCC. The van der Waals surface area contributed by atoms with Crippen LogP contribution in [0.2, 0.25) is 0 Å². The Morgan fingerprint density at radius 1 is 1.03 bits per heavy atom. The van der Waals surface area contributed by atoms with E-state index in [4.69, 9.17) is 13.8 Å². The number of alkyl halides is 3. The fourth-order valence-corrected chi connectivity index (χ4v) is 4.85. The fraction of sp³-hybridized carbons (Fsp3) is 0.320. The molecule has 0 spiro atoms. The predicted octanol–water partition coefficient (Wildman–Crippen LogP) is 6.37. The maximum atomic E-state index is 15.3. The molecule has 0 aliphatic carbocycles. The molecule has 39 heavy (non-hydrogen) atoms. The number of carbonyl (C=O) groups is 1. The highest BCUT2D eigenvalue weighted by molar-refractivity contribution is 7.46. The summed E-state index contributed by atoms with van der Waals surface area (Å²) in [7, 11) is 1.30. The van der Waals surface area contributed by atoms with Crippen LogP contribution >= 0.6 is 8.38 Å². The zero-order valence-corrected chi connectivity index (χ0v) is 22.5. The number of carbonyl (C=O) groups excluding carboxylic acids is 1. The first-order valence-corrected chi connectivity index (χ1v) is 13.2. The highest BCUT2D eigenvalue weighted by Gasteiger charge is 2.36. The fourth-order valence-electron chi connectivity index (χ4n) is 3.49. The number of benzene rings is 2. The zero-order chi connectivity index (χ0) is 28.6. The molecule has 0 radical (unpaired) electrons. The smallest absolute Gasteiger partial charge is 0.421 e. The van der Waals surface area contributed by atoms with E-state index in [1.807, 2.05) is 13.8 Å². The Morgan fingerprint density at radius 3 is 2.33 bits per heavy atom. The number of methoxy groups -OCH3 is 1. The molecule has 210 valence electrons. The van der Waals surface area contributed by atoms with E-state index in [0.29, 0.717) is 19.4 Å². The van der Waals surface area contributed by atoms with Crippen LogP contribution in [0.5, 0.6) is 5.75 Å². The Balaban J connectivity index is 1.97. The number of hydrogen-bond donors (Lipinski definition) is 3. The number of anilines is 4. The molecule has 9 nitrogen and oxygen atoms in total. The van der Waals surface area contributed by atoms with Gasteiger partial charge in [0.1, 0.15) is 11.4 Å². The lowest BCUT2D eigenvalue weighted by Gasteiger charge is -2.19. The van der Waals surface area contributed by atoms with Crippen LogP contribution in [0, 0.1) is 5.82 Å². The van der Waals surface area contributed by atoms with Crippen molar-refractivity contribution in [1.82, 2.24) is 15.3 Å². The second kappa shape index (κ2) is 13.5. The number of rotatable bonds is 12. The van der Waals surface area contributed by atoms with Crippen molar-refractivity contribution >= 4 is 37.4 Å². The van der Waals surface area contributed by atoms with Crippen LogP contribution in [0.4, 0.5) is 40.7 Å². The standard InChI is InChI=1S/C25H28F4N5O4P/c1-5-37-39(38-6-2)14-15-11-12-19(21(36-4)20(15)26)33-24-31-13-17(25(27,28)29)22(34-24)32-18-10-8-7-9-16(18)23(35)30-3/h7-13H,5-6,14H2,1-4H3,(H,30,35)(H2,31,32,33,34). The second-order valence-corrected chi connectivity index (χ2v) is 9.27. The predicted molar refractivity (Wildman–Crippen MR) is 140 cm³/mol. The molecular formula is C25H28F4N5O4P. The number of nitrogens with zero attached hydrogens (tertiary/aromatic N) is 2. The minimum Gasteiger partial charge on any atom is -0.492 e. The number of amides is 1. The van der Waals surface area contributed by atoms with Crippen molar-refractivity contribution in [3.05, 3.63) is 65.1 Å². The summed E-state index contributed by atoms with van der Waals surface area (Å²) in [6, 6.07) is 9.02. The van der Waals surface area contributed by atoms with Gasteiger partial charge in [-0.1, -0.05) is 18.2 Å². The molecule has 0 aliphatic rings. The highest BCUT2D eigenvalue weighted by atomic mass is 31.2. The van der Waals surface area contributed by atoms with E-state index in [9.17, 15) is 18.0 Å². The Labute approximate surface area is 224 Å². The van der Waals surface area contributed by atoms with Gasteiger partial charge in [0, 0.05) is 25.0 Å². The molecular weight excluding hydrogens is 541 g/mol. The third kappa shape index (κ3) is 7.53. The molecule has 3 N–H and O–H groups in total. The number of halogens is 4. The highest BCUT2D eigenvalue weighted by Crippen LogP contribution is 2.44. The molecule has 1 heterocycles. The normalized spacial score (nSPS) is 11.4. The molecule has 0 saturated carbocycles. The summed E-state index contributed by atoms with van der Waals surface area (Å²) < 4.78 is 72.9. The van der Waals surface area contributed by atoms with Crippen LogP contribution in [0.15, 0.2) is 42.6 Å². The van der Waals surface area contributed by atoms with Crippen molar-refractivity contribution in [2.24, 2.45) is 0 Å². The first-order chi connectivity index (χ1) is 18.6. The minimum atomic E-state index is -4.80. The Morgan fingerprint density at radius 2 is 1.72 bits per heavy atom. The van der Waals surface area contributed by atoms with Gasteiger partial charge in [0.15, 0.2) is 19.9 Å². The van der Waals surface area contributed by atoms with Crippen LogP contribution in [0.25, 0.3) is 0 Å². The van der Waals surface area contributed by atoms with Crippen molar-refractivity contribution < 1.29 is 36.1 Å². The van der Waals surface area contributed by atoms with Gasteiger partial charge in [0.25, 0.3) is 5.91 Å². The lowest BCUT2D eigenvalue weighted by Crippen LogP contribution is -2.20. The summed E-state index contributed by atoms with van der Waals surface area (Å²) in [6.45, 7) is 4.42. The van der Waals surface area contributed by atoms with E-state index in [0.717, 1.165) is 0 Å². The van der Waals surface area contributed by atoms with Gasteiger partial charge < -0.3 is 29.7 Å². The number of ether oxygens (including phenoxy) is 1. The number of para-hydroxylation sites is 1. The van der Waals surface area contributed by atoms with Crippen LogP contribution in [-0.2, 0) is 21.4 Å². The van der Waals surface area contributed by atoms with Gasteiger partial charge in [-0.2, -0.15) is 18.2 Å². The molecule has 3 rings (SSSR count). The Kier molecular flexibility index (Phi) is 10.4. The molecule has 0 aliphatic heterocycles. The summed E-state index contributed by atoms with van der Waals surface area (Å²) >= 11 is 0. The van der Waals surface area contributed by atoms with Crippen LogP contribution in [0.3, 0.4) is 0 Å². The first kappa shape index (κ1) is 30.0. The second-order valence-electron chi connectivity index (χ2n) is 7.77. The molecule has 14 heteroatoms. The topological polar surface area (TPSA) is 107 Å². The van der Waals surface area contributed by atoms with E-state index in [1.165, 1.54) is 38.4 Å². The van der Waals surface area contributed by atoms with Gasteiger partial charge in [-0.25, -0.2) is 9.37 Å². The average Bonchev–Trinajstić information content (AvgIpc) is 2.90. The van der Waals surface area contributed by atoms with E-state index in [2.05, 4.69) is 25.9 Å². The molecule has 1 aromatic heterocycles. The van der Waals surface area contributed by atoms with Gasteiger partial charge in [-0.05, 0) is 32.0 Å². The van der Waals surface area contributed by atoms with Crippen molar-refractivity contribution in [3.8, 4) is 5.75 Å². The minimum absolute atomic E-state index is 0.0902. The van der Waals surface area contributed by atoms with Crippen molar-refractivity contribution in [3.63, 3.8) is 0 Å². The van der Waals surface area contributed by atoms with Crippen LogP contribution in [-0.4, -0.2) is 43.2 Å². The molecule has 0 atom stereocenters. The zero-order valence-electron chi connectivity index (χ0n) is 21.6. The van der Waals surface area contributed by atoms with E-state index >= 15 is 4.39 Å². The summed E-state index contributed by atoms with van der Waals surface area (Å²) in [6.07, 6.45) is -4.03. The molecule has 0 saturated heterocycles. The van der Waals surface area contributed by atoms with Crippen LogP contribution in [0.1, 0.15) is 35.3 Å². The van der Waals surface area contributed by atoms with Gasteiger partial charge in [0.2, 0.25) is 5.95 Å². The van der Waals surface area contributed by atoms with E-state index in [-0.39, 0.29) is 40.4 Å². The van der Waals surface area contributed by atoms with Crippen molar-refractivity contribution in [1.29, 1.82) is 0 Å². The maximum Gasteiger partial charge on any atom is 0.421 e. The molecule has 0 unspecified atom stereocenters. The largest absolute Gasteiger partial charge is 0.492 e. The van der Waals surface area contributed by atoms with Gasteiger partial charge >= 0.3 is 6.18 Å². The molecule has 0 fully saturated rings. The lowest BCUT2D eigenvalue weighted by molar-refractivity contribution is -0.137. The van der Waals surface area contributed by atoms with E-state index < -0.39 is 37.7 Å². The van der Waals surface area contributed by atoms with E-state index in [1.54, 1.807) is 12.1 Å². The average molecular weight is 569 g/mol. The summed E-state index contributed by atoms with van der Waals surface area (Å²) in [5, 5.41) is 7.73. The first-order valence-electron chi connectivity index (χ1n) is 11.8. The summed E-state index contributed by atoms with van der Waals surface area (Å²) in [4.78, 5) is 19.9. The Bertz CT molecular complexity index is 1290. The number of hydrogen-bond acceptors (Lipinski definition) is 8. The Hall–Kier alpha value is -3.54. The maximum absolute atomic E-state index is 15.3. The van der Waals surface area contributed by atoms with Gasteiger partial charge in [0.05, 0.1) is 37.3 Å². The summed E-state index contributed by atoms with van der Waals surface area (Å²) in [5.74, 6) is -2.24. The lowest BCUT2D eigenvalue weighted by atomic mass is 10.1. The quantitative estimate of drug-likeness (QED) is 0.171. The number of nitrogens with one attached hydrogen (secondary N) is 3. The summed E-state index contributed by atoms with van der Waals surface area (Å²) in [5.41, 5.74) is -0.576. The monoisotopic (exact) mass is 569 g/mol. The third-order valence-corrected chi connectivity index (χ3v) is 6.91. The molecule has 0 bridgehead atoms. The van der Waals surface area contributed by atoms with Gasteiger partial charge in [-0.15, -0.1) is 0 Å². The third-order valence-electron chi connectivity index (χ3n) is 5.22. The number of aromatic nitrogens is 2. The molecule has 1 amide bonds. The van der Waals surface area contributed by atoms with Crippen molar-refractivity contribution in [2.75, 3.05) is 38.0 Å². The molecule has 2 aromatic carbocycles. The van der Waals surface area contributed by atoms with Crippen LogP contribution < -0.4 is 20.7 Å².